The number of amides is 2. The predicted molar refractivity (Wildman–Crippen MR) is 70.4 cm³/mol. The fraction of sp³-hybridized carbons (Fsp3) is 0.154. The lowest BCUT2D eigenvalue weighted by Gasteiger charge is -2.09. The van der Waals surface area contributed by atoms with Gasteiger partial charge in [0.2, 0.25) is 0 Å². The van der Waals surface area contributed by atoms with Crippen LogP contribution in [0, 0.1) is 0 Å². The molecule has 0 fully saturated rings. The number of carbonyl (C=O) groups excluding carboxylic acids is 2. The highest BCUT2D eigenvalue weighted by Crippen LogP contribution is 2.30. The van der Waals surface area contributed by atoms with E-state index in [1.807, 2.05) is 5.43 Å². The van der Waals surface area contributed by atoms with Crippen LogP contribution in [0.4, 0.5) is 13.2 Å². The lowest BCUT2D eigenvalue weighted by atomic mass is 10.1. The second-order valence-electron chi connectivity index (χ2n) is 3.78. The van der Waals surface area contributed by atoms with Crippen molar-refractivity contribution < 1.29 is 22.8 Å². The Balaban J connectivity index is 2.72. The molecule has 1 aromatic rings. The summed E-state index contributed by atoms with van der Waals surface area (Å²) < 4.78 is 38.0. The van der Waals surface area contributed by atoms with E-state index in [4.69, 9.17) is 0 Å². The molecule has 8 heteroatoms. The second-order valence-corrected chi connectivity index (χ2v) is 3.78. The van der Waals surface area contributed by atoms with Crippen LogP contribution in [-0.2, 0) is 15.8 Å². The van der Waals surface area contributed by atoms with E-state index in [1.54, 1.807) is 0 Å². The van der Waals surface area contributed by atoms with Crippen molar-refractivity contribution in [3.8, 4) is 0 Å². The number of benzene rings is 1. The maximum absolute atomic E-state index is 12.7. The molecule has 0 atom stereocenters. The molecule has 2 N–H and O–H groups in total. The summed E-state index contributed by atoms with van der Waals surface area (Å²) in [4.78, 5) is 22.4. The van der Waals surface area contributed by atoms with Gasteiger partial charge in [-0.05, 0) is 6.07 Å². The molecule has 0 unspecified atom stereocenters. The van der Waals surface area contributed by atoms with Crippen molar-refractivity contribution in [2.45, 2.75) is 6.18 Å². The van der Waals surface area contributed by atoms with Crippen LogP contribution in [0.15, 0.2) is 42.0 Å². The van der Waals surface area contributed by atoms with Crippen LogP contribution >= 0.6 is 0 Å². The maximum atomic E-state index is 12.7. The molecule has 0 saturated carbocycles. The van der Waals surface area contributed by atoms with E-state index in [9.17, 15) is 22.8 Å². The first-order chi connectivity index (χ1) is 9.86. The van der Waals surface area contributed by atoms with Crippen molar-refractivity contribution in [1.29, 1.82) is 0 Å². The Morgan fingerprint density at radius 1 is 1.24 bits per heavy atom. The standard InChI is InChI=1S/C13H12F3N3O2/c1-2-7-17-11(20)12(21)19-18-8-9-5-3-4-6-10(9)13(14,15)16/h2-6,8H,1,7H2,(H,17,20)(H,19,21). The summed E-state index contributed by atoms with van der Waals surface area (Å²) >= 11 is 0. The van der Waals surface area contributed by atoms with Crippen molar-refractivity contribution in [3.05, 3.63) is 48.0 Å². The van der Waals surface area contributed by atoms with Gasteiger partial charge < -0.3 is 5.32 Å². The second kappa shape index (κ2) is 7.22. The summed E-state index contributed by atoms with van der Waals surface area (Å²) in [6.45, 7) is 3.43. The van der Waals surface area contributed by atoms with E-state index < -0.39 is 23.6 Å². The highest BCUT2D eigenvalue weighted by Gasteiger charge is 2.32. The molecular weight excluding hydrogens is 287 g/mol. The number of carbonyl (C=O) groups is 2. The van der Waals surface area contributed by atoms with Gasteiger partial charge in [0.15, 0.2) is 0 Å². The minimum absolute atomic E-state index is 0.0902. The molecule has 1 rings (SSSR count). The van der Waals surface area contributed by atoms with Gasteiger partial charge in [0.05, 0.1) is 11.8 Å². The van der Waals surface area contributed by atoms with Gasteiger partial charge in [0.1, 0.15) is 0 Å². The third-order valence-electron chi connectivity index (χ3n) is 2.25. The number of nitrogens with zero attached hydrogens (tertiary/aromatic N) is 1. The molecule has 5 nitrogen and oxygen atoms in total. The molecule has 0 aliphatic rings. The van der Waals surface area contributed by atoms with Gasteiger partial charge in [0, 0.05) is 12.1 Å². The fourth-order valence-electron chi connectivity index (χ4n) is 1.32. The zero-order chi connectivity index (χ0) is 15.9. The van der Waals surface area contributed by atoms with Crippen LogP contribution in [0.1, 0.15) is 11.1 Å². The number of hydrogen-bond donors (Lipinski definition) is 2. The Labute approximate surface area is 118 Å². The SMILES string of the molecule is C=CCNC(=O)C(=O)NN=Cc1ccccc1C(F)(F)F. The highest BCUT2D eigenvalue weighted by molar-refractivity contribution is 6.35. The highest BCUT2D eigenvalue weighted by atomic mass is 19.4. The Hall–Kier alpha value is -2.64. The molecule has 0 heterocycles. The van der Waals surface area contributed by atoms with Crippen molar-refractivity contribution in [1.82, 2.24) is 10.7 Å². The number of hydrogen-bond acceptors (Lipinski definition) is 3. The summed E-state index contributed by atoms with van der Waals surface area (Å²) in [7, 11) is 0. The lowest BCUT2D eigenvalue weighted by molar-refractivity contribution is -0.139. The Kier molecular flexibility index (Phi) is 5.65. The Bertz CT molecular complexity index is 568. The smallest absolute Gasteiger partial charge is 0.344 e. The largest absolute Gasteiger partial charge is 0.417 e. The zero-order valence-electron chi connectivity index (χ0n) is 10.8. The van der Waals surface area contributed by atoms with Gasteiger partial charge >= 0.3 is 18.0 Å². The Morgan fingerprint density at radius 3 is 2.52 bits per heavy atom. The number of rotatable bonds is 4. The summed E-state index contributed by atoms with van der Waals surface area (Å²) in [5.41, 5.74) is 0.720. The van der Waals surface area contributed by atoms with E-state index in [1.165, 1.54) is 24.3 Å². The van der Waals surface area contributed by atoms with Gasteiger partial charge in [0.25, 0.3) is 0 Å². The summed E-state index contributed by atoms with van der Waals surface area (Å²) in [6.07, 6.45) is -2.34. The molecule has 112 valence electrons. The third-order valence-corrected chi connectivity index (χ3v) is 2.25. The molecule has 0 spiro atoms. The molecule has 0 aliphatic carbocycles. The van der Waals surface area contributed by atoms with E-state index in [0.717, 1.165) is 12.3 Å². The van der Waals surface area contributed by atoms with Gasteiger partial charge in [-0.2, -0.15) is 18.3 Å². The number of alkyl halides is 3. The lowest BCUT2D eigenvalue weighted by Crippen LogP contribution is -2.37. The van der Waals surface area contributed by atoms with E-state index in [-0.39, 0.29) is 12.1 Å². The van der Waals surface area contributed by atoms with E-state index in [2.05, 4.69) is 17.0 Å². The fourth-order valence-corrected chi connectivity index (χ4v) is 1.32. The molecule has 0 aliphatic heterocycles. The van der Waals surface area contributed by atoms with Crippen molar-refractivity contribution >= 4 is 18.0 Å². The average molecular weight is 299 g/mol. The van der Waals surface area contributed by atoms with Crippen molar-refractivity contribution in [2.24, 2.45) is 5.10 Å². The Morgan fingerprint density at radius 2 is 1.90 bits per heavy atom. The summed E-state index contributed by atoms with van der Waals surface area (Å²) in [6, 6.07) is 4.72. The minimum Gasteiger partial charge on any atom is -0.344 e. The van der Waals surface area contributed by atoms with Gasteiger partial charge in [-0.1, -0.05) is 24.3 Å². The quantitative estimate of drug-likeness (QED) is 0.382. The third kappa shape index (κ3) is 5.09. The first-order valence-electron chi connectivity index (χ1n) is 5.74. The topological polar surface area (TPSA) is 70.6 Å². The number of halogens is 3. The van der Waals surface area contributed by atoms with Gasteiger partial charge in [-0.15, -0.1) is 6.58 Å². The van der Waals surface area contributed by atoms with Crippen molar-refractivity contribution in [3.63, 3.8) is 0 Å². The molecule has 0 saturated heterocycles. The molecule has 21 heavy (non-hydrogen) atoms. The molecule has 2 amide bonds. The predicted octanol–water partition coefficient (Wildman–Crippen LogP) is 1.46. The molecule has 0 bridgehead atoms. The minimum atomic E-state index is -4.53. The summed E-state index contributed by atoms with van der Waals surface area (Å²) in [5.74, 6) is -2.05. The van der Waals surface area contributed by atoms with Crippen LogP contribution in [0.3, 0.4) is 0 Å². The van der Waals surface area contributed by atoms with Crippen LogP contribution in [0.5, 0.6) is 0 Å². The first kappa shape index (κ1) is 16.4. The molecular formula is C13H12F3N3O2. The van der Waals surface area contributed by atoms with Gasteiger partial charge in [-0.3, -0.25) is 9.59 Å². The average Bonchev–Trinajstić information content (AvgIpc) is 2.44. The van der Waals surface area contributed by atoms with E-state index in [0.29, 0.717) is 0 Å². The van der Waals surface area contributed by atoms with Crippen LogP contribution in [0.2, 0.25) is 0 Å². The number of nitrogens with one attached hydrogen (secondary N) is 2. The number of hydrazone groups is 1. The molecule has 1 aromatic carbocycles. The first-order valence-corrected chi connectivity index (χ1v) is 5.74. The van der Waals surface area contributed by atoms with Crippen LogP contribution in [0.25, 0.3) is 0 Å². The normalized spacial score (nSPS) is 11.2. The maximum Gasteiger partial charge on any atom is 0.417 e. The zero-order valence-corrected chi connectivity index (χ0v) is 10.8. The van der Waals surface area contributed by atoms with Crippen LogP contribution in [-0.4, -0.2) is 24.6 Å². The summed E-state index contributed by atoms with van der Waals surface area (Å²) in [5, 5.41) is 5.53. The molecule has 0 aromatic heterocycles. The monoisotopic (exact) mass is 299 g/mol. The van der Waals surface area contributed by atoms with Crippen LogP contribution < -0.4 is 10.7 Å². The van der Waals surface area contributed by atoms with E-state index >= 15 is 0 Å². The molecule has 0 radical (unpaired) electrons. The van der Waals surface area contributed by atoms with Gasteiger partial charge in [-0.25, -0.2) is 5.43 Å². The van der Waals surface area contributed by atoms with Crippen molar-refractivity contribution in [2.75, 3.05) is 6.54 Å².